The number of carbonyl (C=O) groups is 2. The highest BCUT2D eigenvalue weighted by Gasteiger charge is 2.34. The minimum atomic E-state index is -0.286. The van der Waals surface area contributed by atoms with Crippen LogP contribution in [0.1, 0.15) is 31.8 Å². The van der Waals surface area contributed by atoms with E-state index in [4.69, 9.17) is 0 Å². The molecule has 2 aromatic carbocycles. The van der Waals surface area contributed by atoms with Crippen LogP contribution < -0.4 is 0 Å². The summed E-state index contributed by atoms with van der Waals surface area (Å²) in [6.45, 7) is 1.96. The van der Waals surface area contributed by atoms with Crippen LogP contribution in [-0.2, 0) is 6.54 Å². The van der Waals surface area contributed by atoms with Crippen molar-refractivity contribution in [2.45, 2.75) is 13.5 Å². The van der Waals surface area contributed by atoms with E-state index in [9.17, 15) is 14.7 Å². The third kappa shape index (κ3) is 1.86. The first-order valence-electron chi connectivity index (χ1n) is 6.31. The third-order valence-electron chi connectivity index (χ3n) is 3.49. The zero-order valence-electron chi connectivity index (χ0n) is 11.0. The van der Waals surface area contributed by atoms with Crippen LogP contribution in [0.2, 0.25) is 0 Å². The van der Waals surface area contributed by atoms with Gasteiger partial charge in [0, 0.05) is 0 Å². The fourth-order valence-corrected chi connectivity index (χ4v) is 2.32. The minimum absolute atomic E-state index is 0.166. The highest BCUT2D eigenvalue weighted by Crippen LogP contribution is 2.25. The predicted molar refractivity (Wildman–Crippen MR) is 73.5 cm³/mol. The molecule has 0 atom stereocenters. The summed E-state index contributed by atoms with van der Waals surface area (Å²) in [6, 6.07) is 11.9. The molecule has 0 radical (unpaired) electrons. The number of nitrogens with zero attached hydrogens (tertiary/aromatic N) is 1. The number of benzene rings is 2. The average molecular weight is 267 g/mol. The molecule has 0 fully saturated rings. The molecule has 0 saturated heterocycles. The summed E-state index contributed by atoms with van der Waals surface area (Å²) >= 11 is 0. The van der Waals surface area contributed by atoms with E-state index in [1.807, 2.05) is 0 Å². The fraction of sp³-hybridized carbons (Fsp3) is 0.125. The maximum absolute atomic E-state index is 12.2. The molecule has 4 nitrogen and oxygen atoms in total. The van der Waals surface area contributed by atoms with Crippen LogP contribution in [0.4, 0.5) is 0 Å². The number of hydrogen-bond donors (Lipinski definition) is 1. The Balaban J connectivity index is 1.91. The van der Waals surface area contributed by atoms with Crippen molar-refractivity contribution < 1.29 is 14.7 Å². The molecule has 0 unspecified atom stereocenters. The second-order valence-electron chi connectivity index (χ2n) is 4.86. The molecule has 2 aromatic rings. The van der Waals surface area contributed by atoms with Crippen molar-refractivity contribution in [3.05, 3.63) is 64.7 Å². The lowest BCUT2D eigenvalue weighted by molar-refractivity contribution is 0.0642. The van der Waals surface area contributed by atoms with Gasteiger partial charge in [0.05, 0.1) is 17.7 Å². The average Bonchev–Trinajstić information content (AvgIpc) is 2.69. The van der Waals surface area contributed by atoms with Gasteiger partial charge >= 0.3 is 0 Å². The summed E-state index contributed by atoms with van der Waals surface area (Å²) in [5.74, 6) is -0.407. The van der Waals surface area contributed by atoms with E-state index >= 15 is 0 Å². The lowest BCUT2D eigenvalue weighted by atomic mass is 10.1. The van der Waals surface area contributed by atoms with Crippen molar-refractivity contribution in [1.82, 2.24) is 4.90 Å². The van der Waals surface area contributed by atoms with Crippen molar-refractivity contribution in [3.8, 4) is 5.75 Å². The first kappa shape index (κ1) is 12.4. The lowest BCUT2D eigenvalue weighted by Crippen LogP contribution is -2.29. The largest absolute Gasteiger partial charge is 0.508 e. The molecular weight excluding hydrogens is 254 g/mol. The van der Waals surface area contributed by atoms with Gasteiger partial charge in [-0.3, -0.25) is 14.5 Å². The molecule has 3 rings (SSSR count). The smallest absolute Gasteiger partial charge is 0.261 e. The van der Waals surface area contributed by atoms with E-state index in [1.54, 1.807) is 49.4 Å². The summed E-state index contributed by atoms with van der Waals surface area (Å²) in [4.78, 5) is 25.6. The van der Waals surface area contributed by atoms with E-state index in [1.165, 1.54) is 4.90 Å². The molecule has 20 heavy (non-hydrogen) atoms. The second-order valence-corrected chi connectivity index (χ2v) is 4.86. The Kier molecular flexibility index (Phi) is 2.79. The molecular formula is C16H13NO3. The monoisotopic (exact) mass is 267 g/mol. The van der Waals surface area contributed by atoms with Crippen molar-refractivity contribution >= 4 is 11.8 Å². The Labute approximate surface area is 116 Å². The van der Waals surface area contributed by atoms with E-state index in [2.05, 4.69) is 0 Å². The van der Waals surface area contributed by atoms with Crippen LogP contribution in [-0.4, -0.2) is 21.8 Å². The molecule has 4 heteroatoms. The van der Waals surface area contributed by atoms with Crippen molar-refractivity contribution in [1.29, 1.82) is 0 Å². The number of aryl methyl sites for hydroxylation is 1. The molecule has 100 valence electrons. The molecule has 1 aliphatic rings. The van der Waals surface area contributed by atoms with Crippen molar-refractivity contribution in [2.24, 2.45) is 0 Å². The molecule has 2 amide bonds. The maximum Gasteiger partial charge on any atom is 0.261 e. The van der Waals surface area contributed by atoms with Crippen LogP contribution in [0.25, 0.3) is 0 Å². The van der Waals surface area contributed by atoms with E-state index in [-0.39, 0.29) is 24.1 Å². The zero-order chi connectivity index (χ0) is 14.3. The van der Waals surface area contributed by atoms with Gasteiger partial charge in [0.1, 0.15) is 5.75 Å². The molecule has 0 bridgehead atoms. The van der Waals surface area contributed by atoms with Crippen molar-refractivity contribution in [3.63, 3.8) is 0 Å². The van der Waals surface area contributed by atoms with Gasteiger partial charge in [0.15, 0.2) is 0 Å². The number of fused-ring (bicyclic) bond motifs is 1. The normalized spacial score (nSPS) is 13.8. The summed E-state index contributed by atoms with van der Waals surface area (Å²) < 4.78 is 0. The Morgan fingerprint density at radius 1 is 1.00 bits per heavy atom. The Morgan fingerprint density at radius 3 is 2.15 bits per heavy atom. The Morgan fingerprint density at radius 2 is 1.60 bits per heavy atom. The van der Waals surface area contributed by atoms with Crippen LogP contribution in [0.5, 0.6) is 5.75 Å². The van der Waals surface area contributed by atoms with Gasteiger partial charge in [-0.2, -0.15) is 0 Å². The molecule has 0 saturated carbocycles. The zero-order valence-corrected chi connectivity index (χ0v) is 11.0. The SMILES string of the molecule is Cc1ccc(CN2C(=O)c3ccccc3C2=O)cc1O. The Bertz CT molecular complexity index is 686. The molecule has 1 aliphatic heterocycles. The van der Waals surface area contributed by atoms with E-state index in [0.29, 0.717) is 11.1 Å². The van der Waals surface area contributed by atoms with E-state index in [0.717, 1.165) is 11.1 Å². The van der Waals surface area contributed by atoms with Crippen LogP contribution in [0, 0.1) is 6.92 Å². The standard InChI is InChI=1S/C16H13NO3/c1-10-6-7-11(8-14(10)18)9-17-15(19)12-4-2-3-5-13(12)16(17)20/h2-8,18H,9H2,1H3. The van der Waals surface area contributed by atoms with Gasteiger partial charge in [0.25, 0.3) is 11.8 Å². The number of hydrogen-bond acceptors (Lipinski definition) is 3. The number of carbonyl (C=O) groups excluding carboxylic acids is 2. The molecule has 0 aliphatic carbocycles. The highest BCUT2D eigenvalue weighted by molar-refractivity contribution is 6.21. The molecule has 0 spiro atoms. The van der Waals surface area contributed by atoms with E-state index < -0.39 is 0 Å². The summed E-state index contributed by atoms with van der Waals surface area (Å²) in [5.41, 5.74) is 2.36. The first-order valence-corrected chi connectivity index (χ1v) is 6.31. The van der Waals surface area contributed by atoms with Crippen molar-refractivity contribution in [2.75, 3.05) is 0 Å². The van der Waals surface area contributed by atoms with Gasteiger partial charge in [0.2, 0.25) is 0 Å². The molecule has 1 N–H and O–H groups in total. The lowest BCUT2D eigenvalue weighted by Gasteiger charge is -2.14. The minimum Gasteiger partial charge on any atom is -0.508 e. The molecule has 0 aromatic heterocycles. The quantitative estimate of drug-likeness (QED) is 0.850. The first-order chi connectivity index (χ1) is 9.58. The number of phenolic OH excluding ortho intramolecular Hbond substituents is 1. The van der Waals surface area contributed by atoms with Gasteiger partial charge in [-0.05, 0) is 36.2 Å². The predicted octanol–water partition coefficient (Wildman–Crippen LogP) is 2.50. The van der Waals surface area contributed by atoms with Crippen LogP contribution in [0.15, 0.2) is 42.5 Å². The van der Waals surface area contributed by atoms with Gasteiger partial charge in [-0.1, -0.05) is 24.3 Å². The number of phenols is 1. The highest BCUT2D eigenvalue weighted by atomic mass is 16.3. The van der Waals surface area contributed by atoms with Gasteiger partial charge < -0.3 is 5.11 Å². The summed E-state index contributed by atoms with van der Waals surface area (Å²) in [7, 11) is 0. The maximum atomic E-state index is 12.2. The Hall–Kier alpha value is -2.62. The van der Waals surface area contributed by atoms with Gasteiger partial charge in [-0.25, -0.2) is 0 Å². The summed E-state index contributed by atoms with van der Waals surface area (Å²) in [5, 5.41) is 9.69. The number of rotatable bonds is 2. The second kappa shape index (κ2) is 4.49. The fourth-order valence-electron chi connectivity index (χ4n) is 2.32. The number of imide groups is 1. The molecule has 1 heterocycles. The number of amides is 2. The number of aromatic hydroxyl groups is 1. The summed E-state index contributed by atoms with van der Waals surface area (Å²) in [6.07, 6.45) is 0. The van der Waals surface area contributed by atoms with Gasteiger partial charge in [-0.15, -0.1) is 0 Å². The topological polar surface area (TPSA) is 57.6 Å². The van der Waals surface area contributed by atoms with Crippen LogP contribution >= 0.6 is 0 Å². The third-order valence-corrected chi connectivity index (χ3v) is 3.49. The van der Waals surface area contributed by atoms with Crippen LogP contribution in [0.3, 0.4) is 0 Å².